The Labute approximate surface area is 127 Å². The molecular weight excluding hydrogens is 296 g/mol. The summed E-state index contributed by atoms with van der Waals surface area (Å²) >= 11 is 5.97. The molecule has 0 unspecified atom stereocenters. The maximum absolute atomic E-state index is 13.1. The van der Waals surface area contributed by atoms with Crippen LogP contribution in [0.3, 0.4) is 0 Å². The zero-order chi connectivity index (χ0) is 15.2. The highest BCUT2D eigenvalue weighted by Gasteiger charge is 2.06. The Morgan fingerprint density at radius 1 is 1.10 bits per heavy atom. The number of nitrogens with one attached hydrogen (secondary N) is 1. The predicted molar refractivity (Wildman–Crippen MR) is 79.5 cm³/mol. The monoisotopic (exact) mass is 311 g/mol. The first-order valence-corrected chi connectivity index (χ1v) is 7.03. The third-order valence-electron chi connectivity index (χ3n) is 2.90. The van der Waals surface area contributed by atoms with Gasteiger partial charge in [-0.15, -0.1) is 0 Å². The van der Waals surface area contributed by atoms with Crippen LogP contribution in [0.1, 0.15) is 18.1 Å². The van der Waals surface area contributed by atoms with Crippen LogP contribution >= 0.6 is 11.6 Å². The first kappa shape index (κ1) is 15.7. The molecule has 5 heteroatoms. The van der Waals surface area contributed by atoms with Gasteiger partial charge in [0.15, 0.2) is 0 Å². The lowest BCUT2D eigenvalue weighted by Crippen LogP contribution is -2.13. The Morgan fingerprint density at radius 3 is 2.48 bits per heavy atom. The fourth-order valence-electron chi connectivity index (χ4n) is 1.94. The van der Waals surface area contributed by atoms with Gasteiger partial charge < -0.3 is 10.1 Å². The molecule has 0 heterocycles. The van der Waals surface area contributed by atoms with Crippen LogP contribution in [0.4, 0.5) is 8.78 Å². The van der Waals surface area contributed by atoms with Crippen LogP contribution < -0.4 is 10.1 Å². The summed E-state index contributed by atoms with van der Waals surface area (Å²) in [4.78, 5) is 0. The average Bonchev–Trinajstić information content (AvgIpc) is 2.43. The smallest absolute Gasteiger partial charge is 0.126 e. The van der Waals surface area contributed by atoms with Crippen LogP contribution in [0.2, 0.25) is 5.02 Å². The van der Waals surface area contributed by atoms with Crippen molar-refractivity contribution in [3.63, 3.8) is 0 Å². The Balaban J connectivity index is 2.11. The molecule has 2 aromatic rings. The Kier molecular flexibility index (Phi) is 5.53. The van der Waals surface area contributed by atoms with Crippen molar-refractivity contribution in [2.24, 2.45) is 0 Å². The van der Waals surface area contributed by atoms with Crippen LogP contribution in [-0.2, 0) is 13.2 Å². The first-order valence-electron chi connectivity index (χ1n) is 6.65. The fraction of sp³-hybridized carbons (Fsp3) is 0.250. The van der Waals surface area contributed by atoms with E-state index < -0.39 is 11.6 Å². The fourth-order valence-corrected chi connectivity index (χ4v) is 2.14. The molecule has 0 fully saturated rings. The van der Waals surface area contributed by atoms with Crippen molar-refractivity contribution in [3.8, 4) is 5.75 Å². The molecule has 0 atom stereocenters. The van der Waals surface area contributed by atoms with E-state index in [2.05, 4.69) is 5.32 Å². The lowest BCUT2D eigenvalue weighted by atomic mass is 10.2. The van der Waals surface area contributed by atoms with Gasteiger partial charge in [-0.1, -0.05) is 18.5 Å². The summed E-state index contributed by atoms with van der Waals surface area (Å²) in [5.41, 5.74) is 1.35. The molecular formula is C16H16ClF2NO. The molecule has 21 heavy (non-hydrogen) atoms. The van der Waals surface area contributed by atoms with Gasteiger partial charge in [0.05, 0.1) is 0 Å². The normalized spacial score (nSPS) is 10.7. The molecule has 0 saturated carbocycles. The van der Waals surface area contributed by atoms with E-state index in [4.69, 9.17) is 16.3 Å². The van der Waals surface area contributed by atoms with Crippen molar-refractivity contribution in [2.75, 3.05) is 6.54 Å². The molecule has 0 spiro atoms. The van der Waals surface area contributed by atoms with E-state index in [9.17, 15) is 8.78 Å². The number of hydrogen-bond donors (Lipinski definition) is 1. The van der Waals surface area contributed by atoms with E-state index in [0.717, 1.165) is 18.2 Å². The molecule has 2 nitrogen and oxygen atoms in total. The minimum absolute atomic E-state index is 0.0927. The van der Waals surface area contributed by atoms with Crippen LogP contribution in [0.5, 0.6) is 5.75 Å². The second kappa shape index (κ2) is 7.38. The van der Waals surface area contributed by atoms with Crippen LogP contribution in [0.15, 0.2) is 36.4 Å². The van der Waals surface area contributed by atoms with Gasteiger partial charge in [-0.05, 0) is 42.4 Å². The standard InChI is InChI=1S/C16H16ClF2NO/c1-2-20-9-12-7-13(17)3-4-16(12)21-10-11-5-14(18)8-15(19)6-11/h3-8,20H,2,9-10H2,1H3. The molecule has 2 aromatic carbocycles. The second-order valence-corrected chi connectivity index (χ2v) is 5.04. The number of ether oxygens (including phenoxy) is 1. The van der Waals surface area contributed by atoms with Crippen molar-refractivity contribution in [1.29, 1.82) is 0 Å². The highest BCUT2D eigenvalue weighted by Crippen LogP contribution is 2.24. The van der Waals surface area contributed by atoms with Gasteiger partial charge in [0.25, 0.3) is 0 Å². The third-order valence-corrected chi connectivity index (χ3v) is 3.14. The van der Waals surface area contributed by atoms with Gasteiger partial charge in [0.1, 0.15) is 24.0 Å². The van der Waals surface area contributed by atoms with Gasteiger partial charge in [-0.3, -0.25) is 0 Å². The van der Waals surface area contributed by atoms with Crippen molar-refractivity contribution in [1.82, 2.24) is 5.32 Å². The molecule has 0 aliphatic rings. The first-order chi connectivity index (χ1) is 10.1. The van der Waals surface area contributed by atoms with Gasteiger partial charge in [-0.25, -0.2) is 8.78 Å². The second-order valence-electron chi connectivity index (χ2n) is 4.60. The third kappa shape index (κ3) is 4.69. The summed E-state index contributed by atoms with van der Waals surface area (Å²) in [6, 6.07) is 8.63. The summed E-state index contributed by atoms with van der Waals surface area (Å²) in [6.07, 6.45) is 0. The van der Waals surface area contributed by atoms with Gasteiger partial charge in [0, 0.05) is 23.2 Å². The summed E-state index contributed by atoms with van der Waals surface area (Å²) in [7, 11) is 0. The van der Waals surface area contributed by atoms with E-state index in [1.807, 2.05) is 13.0 Å². The van der Waals surface area contributed by atoms with Crippen molar-refractivity contribution in [3.05, 3.63) is 64.2 Å². The summed E-state index contributed by atoms with van der Waals surface area (Å²) in [6.45, 7) is 3.53. The predicted octanol–water partition coefficient (Wildman–Crippen LogP) is 4.31. The van der Waals surface area contributed by atoms with Crippen LogP contribution in [0, 0.1) is 11.6 Å². The maximum Gasteiger partial charge on any atom is 0.126 e. The molecule has 1 N–H and O–H groups in total. The highest BCUT2D eigenvalue weighted by atomic mass is 35.5. The largest absolute Gasteiger partial charge is 0.489 e. The molecule has 0 saturated heterocycles. The average molecular weight is 312 g/mol. The molecule has 0 radical (unpaired) electrons. The van der Waals surface area contributed by atoms with Crippen molar-refractivity contribution < 1.29 is 13.5 Å². The van der Waals surface area contributed by atoms with Gasteiger partial charge >= 0.3 is 0 Å². The summed E-state index contributed by atoms with van der Waals surface area (Å²) in [5, 5.41) is 3.81. The molecule has 0 aliphatic heterocycles. The lowest BCUT2D eigenvalue weighted by molar-refractivity contribution is 0.301. The van der Waals surface area contributed by atoms with Crippen LogP contribution in [0.25, 0.3) is 0 Å². The van der Waals surface area contributed by atoms with E-state index in [1.54, 1.807) is 12.1 Å². The van der Waals surface area contributed by atoms with E-state index >= 15 is 0 Å². The van der Waals surface area contributed by atoms with Crippen molar-refractivity contribution >= 4 is 11.6 Å². The van der Waals surface area contributed by atoms with Gasteiger partial charge in [0.2, 0.25) is 0 Å². The summed E-state index contributed by atoms with van der Waals surface area (Å²) in [5.74, 6) is -0.583. The molecule has 0 amide bonds. The number of rotatable bonds is 6. The summed E-state index contributed by atoms with van der Waals surface area (Å²) < 4.78 is 31.9. The molecule has 2 rings (SSSR count). The minimum atomic E-state index is -0.613. The number of hydrogen-bond acceptors (Lipinski definition) is 2. The lowest BCUT2D eigenvalue weighted by Gasteiger charge is -2.12. The highest BCUT2D eigenvalue weighted by molar-refractivity contribution is 6.30. The zero-order valence-electron chi connectivity index (χ0n) is 11.6. The SMILES string of the molecule is CCNCc1cc(Cl)ccc1OCc1cc(F)cc(F)c1. The van der Waals surface area contributed by atoms with E-state index in [-0.39, 0.29) is 6.61 Å². The maximum atomic E-state index is 13.1. The van der Waals surface area contributed by atoms with Crippen LogP contribution in [-0.4, -0.2) is 6.54 Å². The Bertz CT molecular complexity index is 599. The van der Waals surface area contributed by atoms with Gasteiger partial charge in [-0.2, -0.15) is 0 Å². The van der Waals surface area contributed by atoms with E-state index in [1.165, 1.54) is 12.1 Å². The molecule has 0 bridgehead atoms. The zero-order valence-corrected chi connectivity index (χ0v) is 12.4. The molecule has 0 aliphatic carbocycles. The number of halogens is 3. The van der Waals surface area contributed by atoms with Crippen molar-refractivity contribution in [2.45, 2.75) is 20.1 Å². The topological polar surface area (TPSA) is 21.3 Å². The minimum Gasteiger partial charge on any atom is -0.489 e. The Morgan fingerprint density at radius 2 is 1.81 bits per heavy atom. The molecule has 0 aromatic heterocycles. The molecule has 112 valence electrons. The number of benzene rings is 2. The Hall–Kier alpha value is -1.65. The quantitative estimate of drug-likeness (QED) is 0.858. The van der Waals surface area contributed by atoms with E-state index in [0.29, 0.717) is 22.9 Å².